The van der Waals surface area contributed by atoms with Gasteiger partial charge >= 0.3 is 0 Å². The topological polar surface area (TPSA) is 17.1 Å². The zero-order valence-electron chi connectivity index (χ0n) is 10.3. The lowest BCUT2D eigenvalue weighted by Gasteiger charge is -2.30. The molecular formula is C15H18F2O. The lowest BCUT2D eigenvalue weighted by atomic mass is 9.77. The van der Waals surface area contributed by atoms with Crippen molar-refractivity contribution in [3.05, 3.63) is 35.4 Å². The zero-order valence-corrected chi connectivity index (χ0v) is 10.3. The molecule has 3 heteroatoms. The van der Waals surface area contributed by atoms with Crippen LogP contribution in [0.5, 0.6) is 0 Å². The van der Waals surface area contributed by atoms with Crippen LogP contribution in [0.25, 0.3) is 0 Å². The summed E-state index contributed by atoms with van der Waals surface area (Å²) in [5.74, 6) is -0.661. The van der Waals surface area contributed by atoms with E-state index in [0.29, 0.717) is 17.4 Å². The molecule has 2 rings (SSSR count). The normalized spacial score (nSPS) is 18.8. The second kappa shape index (κ2) is 6.07. The fourth-order valence-corrected chi connectivity index (χ4v) is 2.96. The largest absolute Gasteiger partial charge is 0.298 e. The molecule has 0 spiro atoms. The predicted molar refractivity (Wildman–Crippen MR) is 67.1 cm³/mol. The van der Waals surface area contributed by atoms with E-state index in [9.17, 15) is 13.6 Å². The van der Waals surface area contributed by atoms with Crippen LogP contribution in [0.1, 0.15) is 53.9 Å². The molecule has 0 aromatic heterocycles. The first-order valence-electron chi connectivity index (χ1n) is 6.55. The van der Waals surface area contributed by atoms with Gasteiger partial charge in [-0.3, -0.25) is 4.79 Å². The van der Waals surface area contributed by atoms with Gasteiger partial charge in [0.05, 0.1) is 0 Å². The Bertz CT molecular complexity index is 397. The molecule has 1 unspecified atom stereocenters. The van der Waals surface area contributed by atoms with E-state index in [1.807, 2.05) is 0 Å². The van der Waals surface area contributed by atoms with E-state index in [1.165, 1.54) is 0 Å². The first kappa shape index (κ1) is 13.2. The maximum Gasteiger partial charge on any atom is 0.245 e. The molecule has 1 nitrogen and oxygen atoms in total. The molecule has 98 valence electrons. The first-order valence-corrected chi connectivity index (χ1v) is 6.55. The van der Waals surface area contributed by atoms with Crippen LogP contribution in [0.4, 0.5) is 8.78 Å². The minimum Gasteiger partial charge on any atom is -0.298 e. The van der Waals surface area contributed by atoms with E-state index in [-0.39, 0.29) is 5.92 Å². The molecular weight excluding hydrogens is 234 g/mol. The Labute approximate surface area is 106 Å². The summed E-state index contributed by atoms with van der Waals surface area (Å²) < 4.78 is 26.6. The van der Waals surface area contributed by atoms with Crippen molar-refractivity contribution in [2.45, 2.75) is 44.4 Å². The van der Waals surface area contributed by atoms with E-state index >= 15 is 0 Å². The zero-order chi connectivity index (χ0) is 13.0. The smallest absolute Gasteiger partial charge is 0.245 e. The van der Waals surface area contributed by atoms with Gasteiger partial charge in [0, 0.05) is 11.5 Å². The van der Waals surface area contributed by atoms with E-state index in [4.69, 9.17) is 0 Å². The summed E-state index contributed by atoms with van der Waals surface area (Å²) in [6.45, 7) is 0. The number of halogens is 2. The number of alkyl halides is 2. The lowest BCUT2D eigenvalue weighted by molar-refractivity contribution is 0.0742. The van der Waals surface area contributed by atoms with Gasteiger partial charge in [0.25, 0.3) is 0 Å². The van der Waals surface area contributed by atoms with Crippen LogP contribution < -0.4 is 0 Å². The van der Waals surface area contributed by atoms with Gasteiger partial charge in [0.1, 0.15) is 6.29 Å². The van der Waals surface area contributed by atoms with Gasteiger partial charge in [-0.2, -0.15) is 0 Å². The average molecular weight is 252 g/mol. The van der Waals surface area contributed by atoms with Crippen molar-refractivity contribution in [2.75, 3.05) is 0 Å². The molecule has 0 radical (unpaired) electrons. The lowest BCUT2D eigenvalue weighted by Crippen LogP contribution is -2.22. The Morgan fingerprint density at radius 3 is 2.50 bits per heavy atom. The van der Waals surface area contributed by atoms with E-state index in [2.05, 4.69) is 0 Å². The second-order valence-electron chi connectivity index (χ2n) is 5.05. The summed E-state index contributed by atoms with van der Waals surface area (Å²) in [6, 6.07) is 6.67. The van der Waals surface area contributed by atoms with Crippen LogP contribution in [0.15, 0.2) is 24.3 Å². The Hall–Kier alpha value is -1.25. The average Bonchev–Trinajstić information content (AvgIpc) is 2.40. The van der Waals surface area contributed by atoms with Crippen LogP contribution in [0, 0.1) is 5.92 Å². The van der Waals surface area contributed by atoms with Crippen LogP contribution in [0.3, 0.4) is 0 Å². The van der Waals surface area contributed by atoms with E-state index in [0.717, 1.165) is 32.1 Å². The Kier molecular flexibility index (Phi) is 4.45. The van der Waals surface area contributed by atoms with Gasteiger partial charge in [0.15, 0.2) is 0 Å². The van der Waals surface area contributed by atoms with Crippen molar-refractivity contribution in [3.8, 4) is 0 Å². The third-order valence-electron chi connectivity index (χ3n) is 3.86. The highest BCUT2D eigenvalue weighted by atomic mass is 19.3. The molecule has 0 saturated heterocycles. The number of carbonyl (C=O) groups excluding carboxylic acids is 1. The molecule has 1 aromatic carbocycles. The molecule has 1 aliphatic carbocycles. The number of hydrogen-bond acceptors (Lipinski definition) is 1. The Balaban J connectivity index is 2.25. The van der Waals surface area contributed by atoms with Crippen molar-refractivity contribution >= 4 is 6.29 Å². The summed E-state index contributed by atoms with van der Waals surface area (Å²) >= 11 is 0. The first-order chi connectivity index (χ1) is 8.72. The fourth-order valence-electron chi connectivity index (χ4n) is 2.96. The molecule has 0 heterocycles. The van der Waals surface area contributed by atoms with Gasteiger partial charge in [-0.1, -0.05) is 37.5 Å². The number of aldehydes is 1. The van der Waals surface area contributed by atoms with Gasteiger partial charge in [-0.05, 0) is 30.4 Å². The highest BCUT2D eigenvalue weighted by Gasteiger charge is 2.32. The number of benzene rings is 1. The van der Waals surface area contributed by atoms with Crippen molar-refractivity contribution in [3.63, 3.8) is 0 Å². The van der Waals surface area contributed by atoms with E-state index in [1.54, 1.807) is 24.3 Å². The monoisotopic (exact) mass is 252 g/mol. The second-order valence-corrected chi connectivity index (χ2v) is 5.05. The van der Waals surface area contributed by atoms with Gasteiger partial charge in [0.2, 0.25) is 6.43 Å². The van der Waals surface area contributed by atoms with Crippen LogP contribution in [-0.4, -0.2) is 12.7 Å². The standard InChI is InChI=1S/C15H18F2O/c16-15(17)14(12-6-2-1-3-7-12)13-8-4-5-11(9-13)10-18/h4-5,8-10,12,14-15H,1-3,6-7H2. The maximum absolute atomic E-state index is 13.3. The summed E-state index contributed by atoms with van der Waals surface area (Å²) in [6.07, 6.45) is 3.35. The van der Waals surface area contributed by atoms with Gasteiger partial charge < -0.3 is 0 Å². The molecule has 1 aromatic rings. The minimum atomic E-state index is -2.35. The van der Waals surface area contributed by atoms with Crippen molar-refractivity contribution in [1.82, 2.24) is 0 Å². The molecule has 1 aliphatic rings. The summed E-state index contributed by atoms with van der Waals surface area (Å²) in [5.41, 5.74) is 1.09. The molecule has 0 amide bonds. The summed E-state index contributed by atoms with van der Waals surface area (Å²) in [5, 5.41) is 0. The molecule has 0 bridgehead atoms. The number of rotatable bonds is 4. The third kappa shape index (κ3) is 2.95. The fraction of sp³-hybridized carbons (Fsp3) is 0.533. The molecule has 1 fully saturated rings. The molecule has 1 saturated carbocycles. The van der Waals surface area contributed by atoms with Crippen LogP contribution in [0.2, 0.25) is 0 Å². The van der Waals surface area contributed by atoms with E-state index < -0.39 is 12.3 Å². The Morgan fingerprint density at radius 1 is 1.17 bits per heavy atom. The third-order valence-corrected chi connectivity index (χ3v) is 3.86. The Morgan fingerprint density at radius 2 is 1.89 bits per heavy atom. The number of carbonyl (C=O) groups is 1. The minimum absolute atomic E-state index is 0.0562. The summed E-state index contributed by atoms with van der Waals surface area (Å²) in [7, 11) is 0. The van der Waals surface area contributed by atoms with Crippen molar-refractivity contribution in [2.24, 2.45) is 5.92 Å². The van der Waals surface area contributed by atoms with Crippen molar-refractivity contribution in [1.29, 1.82) is 0 Å². The van der Waals surface area contributed by atoms with Crippen LogP contribution in [-0.2, 0) is 0 Å². The molecule has 0 aliphatic heterocycles. The SMILES string of the molecule is O=Cc1cccc(C(C(F)F)C2CCCCC2)c1. The highest BCUT2D eigenvalue weighted by Crippen LogP contribution is 2.39. The van der Waals surface area contributed by atoms with Gasteiger partial charge in [-0.25, -0.2) is 8.78 Å². The van der Waals surface area contributed by atoms with Gasteiger partial charge in [-0.15, -0.1) is 0 Å². The highest BCUT2D eigenvalue weighted by molar-refractivity contribution is 5.75. The quantitative estimate of drug-likeness (QED) is 0.724. The number of hydrogen-bond donors (Lipinski definition) is 0. The molecule has 0 N–H and O–H groups in total. The van der Waals surface area contributed by atoms with Crippen molar-refractivity contribution < 1.29 is 13.6 Å². The summed E-state index contributed by atoms with van der Waals surface area (Å²) in [4.78, 5) is 10.7. The van der Waals surface area contributed by atoms with Crippen LogP contribution >= 0.6 is 0 Å². The maximum atomic E-state index is 13.3. The predicted octanol–water partition coefficient (Wildman–Crippen LogP) is 4.43. The molecule has 18 heavy (non-hydrogen) atoms. The molecule has 1 atom stereocenters.